The molecular formula is C28H25Br2NO4S. The Morgan fingerprint density at radius 1 is 0.944 bits per heavy atom. The number of nitrogens with zero attached hydrogens (tertiary/aromatic N) is 1. The highest BCUT2D eigenvalue weighted by Crippen LogP contribution is 2.39. The third kappa shape index (κ3) is 6.81. The molecule has 0 saturated carbocycles. The number of ether oxygens (including phenoxy) is 2. The summed E-state index contributed by atoms with van der Waals surface area (Å²) in [6.45, 7) is 3.14. The molecule has 1 aliphatic rings. The lowest BCUT2D eigenvalue weighted by molar-refractivity contribution is -0.122. The van der Waals surface area contributed by atoms with Gasteiger partial charge in [-0.25, -0.2) is 0 Å². The van der Waals surface area contributed by atoms with Gasteiger partial charge in [-0.15, -0.1) is 0 Å². The van der Waals surface area contributed by atoms with E-state index in [0.717, 1.165) is 40.2 Å². The molecule has 0 atom stereocenters. The molecule has 2 amide bonds. The summed E-state index contributed by atoms with van der Waals surface area (Å²) >= 11 is 7.99. The highest BCUT2D eigenvalue weighted by atomic mass is 79.9. The lowest BCUT2D eigenvalue weighted by Crippen LogP contribution is -2.29. The van der Waals surface area contributed by atoms with Gasteiger partial charge in [-0.2, -0.15) is 0 Å². The third-order valence-corrected chi connectivity index (χ3v) is 7.51. The molecular weight excluding hydrogens is 606 g/mol. The van der Waals surface area contributed by atoms with Crippen molar-refractivity contribution in [2.45, 2.75) is 26.4 Å². The molecule has 1 fully saturated rings. The first kappa shape index (κ1) is 26.5. The van der Waals surface area contributed by atoms with E-state index < -0.39 is 0 Å². The lowest BCUT2D eigenvalue weighted by atomic mass is 10.1. The fraction of sp³-hybridized carbons (Fsp3) is 0.214. The third-order valence-electron chi connectivity index (χ3n) is 5.49. The Kier molecular flexibility index (Phi) is 9.29. The summed E-state index contributed by atoms with van der Waals surface area (Å²) in [7, 11) is 0. The van der Waals surface area contributed by atoms with Gasteiger partial charge in [0, 0.05) is 11.0 Å². The topological polar surface area (TPSA) is 55.8 Å². The van der Waals surface area contributed by atoms with E-state index in [4.69, 9.17) is 9.47 Å². The SMILES string of the molecule is CCOc1cc(/C=C2/SC(=O)N(CCCc3ccccc3)C2=O)cc(Br)c1OCc1ccc(Br)cc1. The van der Waals surface area contributed by atoms with Crippen LogP contribution in [0.3, 0.4) is 0 Å². The van der Waals surface area contributed by atoms with Crippen molar-refractivity contribution in [3.8, 4) is 11.5 Å². The maximum absolute atomic E-state index is 13.0. The highest BCUT2D eigenvalue weighted by molar-refractivity contribution is 9.10. The standard InChI is InChI=1S/C28H25Br2NO4S/c1-2-34-24-16-21(15-23(30)26(24)35-18-20-10-12-22(29)13-11-20)17-25-27(32)31(28(33)36-25)14-6-9-19-7-4-3-5-8-19/h3-5,7-8,10-13,15-17H,2,6,9,14,18H2,1H3/b25-17+. The Bertz CT molecular complexity index is 1260. The summed E-state index contributed by atoms with van der Waals surface area (Å²) in [4.78, 5) is 27.2. The van der Waals surface area contributed by atoms with Gasteiger partial charge in [0.2, 0.25) is 0 Å². The maximum atomic E-state index is 13.0. The Balaban J connectivity index is 1.46. The van der Waals surface area contributed by atoms with Gasteiger partial charge in [0.1, 0.15) is 6.61 Å². The number of imide groups is 1. The summed E-state index contributed by atoms with van der Waals surface area (Å²) in [6, 6.07) is 21.7. The first-order valence-electron chi connectivity index (χ1n) is 11.6. The average Bonchev–Trinajstić information content (AvgIpc) is 3.13. The molecule has 1 aliphatic heterocycles. The molecule has 0 N–H and O–H groups in total. The summed E-state index contributed by atoms with van der Waals surface area (Å²) in [5, 5.41) is -0.238. The summed E-state index contributed by atoms with van der Waals surface area (Å²) in [6.07, 6.45) is 3.27. The van der Waals surface area contributed by atoms with Gasteiger partial charge in [-0.3, -0.25) is 14.5 Å². The molecule has 0 aliphatic carbocycles. The Labute approximate surface area is 232 Å². The van der Waals surface area contributed by atoms with Crippen LogP contribution in [0.1, 0.15) is 30.0 Å². The van der Waals surface area contributed by atoms with Crippen molar-refractivity contribution in [2.24, 2.45) is 0 Å². The van der Waals surface area contributed by atoms with E-state index in [1.54, 1.807) is 6.08 Å². The van der Waals surface area contributed by atoms with Crippen LogP contribution in [0.5, 0.6) is 11.5 Å². The van der Waals surface area contributed by atoms with Gasteiger partial charge in [-0.05, 0) is 94.5 Å². The number of carbonyl (C=O) groups is 2. The van der Waals surface area contributed by atoms with Crippen LogP contribution in [0.4, 0.5) is 4.79 Å². The van der Waals surface area contributed by atoms with Crippen molar-refractivity contribution < 1.29 is 19.1 Å². The van der Waals surface area contributed by atoms with Crippen LogP contribution in [-0.2, 0) is 17.8 Å². The molecule has 36 heavy (non-hydrogen) atoms. The zero-order chi connectivity index (χ0) is 25.5. The Hall–Kier alpha value is -2.55. The van der Waals surface area contributed by atoms with E-state index in [2.05, 4.69) is 31.9 Å². The molecule has 186 valence electrons. The predicted molar refractivity (Wildman–Crippen MR) is 151 cm³/mol. The number of hydrogen-bond donors (Lipinski definition) is 0. The minimum absolute atomic E-state index is 0.238. The predicted octanol–water partition coefficient (Wildman–Crippen LogP) is 7.86. The van der Waals surface area contributed by atoms with Crippen LogP contribution in [0, 0.1) is 0 Å². The zero-order valence-corrected chi connectivity index (χ0v) is 23.7. The minimum atomic E-state index is -0.261. The molecule has 3 aromatic carbocycles. The van der Waals surface area contributed by atoms with Gasteiger partial charge >= 0.3 is 0 Å². The van der Waals surface area contributed by atoms with Crippen LogP contribution in [0.25, 0.3) is 6.08 Å². The molecule has 0 unspecified atom stereocenters. The lowest BCUT2D eigenvalue weighted by Gasteiger charge is -2.15. The first-order valence-corrected chi connectivity index (χ1v) is 14.0. The summed E-state index contributed by atoms with van der Waals surface area (Å²) in [5.74, 6) is 0.894. The molecule has 8 heteroatoms. The number of rotatable bonds is 10. The molecule has 4 rings (SSSR count). The Morgan fingerprint density at radius 2 is 1.69 bits per heavy atom. The average molecular weight is 631 g/mol. The van der Waals surface area contributed by atoms with Crippen LogP contribution >= 0.6 is 43.6 Å². The largest absolute Gasteiger partial charge is 0.490 e. The maximum Gasteiger partial charge on any atom is 0.293 e. The molecule has 0 bridgehead atoms. The summed E-state index contributed by atoms with van der Waals surface area (Å²) in [5.41, 5.74) is 2.96. The van der Waals surface area contributed by atoms with E-state index >= 15 is 0 Å². The molecule has 0 radical (unpaired) electrons. The van der Waals surface area contributed by atoms with Crippen LogP contribution in [0.2, 0.25) is 0 Å². The van der Waals surface area contributed by atoms with Gasteiger partial charge in [0.05, 0.1) is 16.0 Å². The highest BCUT2D eigenvalue weighted by Gasteiger charge is 2.34. The van der Waals surface area contributed by atoms with E-state index in [0.29, 0.717) is 40.6 Å². The van der Waals surface area contributed by atoms with E-state index in [9.17, 15) is 9.59 Å². The smallest absolute Gasteiger partial charge is 0.293 e. The van der Waals surface area contributed by atoms with Crippen LogP contribution in [-0.4, -0.2) is 29.2 Å². The quantitative estimate of drug-likeness (QED) is 0.214. The number of amides is 2. The number of carbonyl (C=O) groups excluding carboxylic acids is 2. The van der Waals surface area contributed by atoms with Crippen molar-refractivity contribution in [3.05, 3.63) is 97.3 Å². The molecule has 3 aromatic rings. The monoisotopic (exact) mass is 629 g/mol. The molecule has 0 spiro atoms. The van der Waals surface area contributed by atoms with Crippen molar-refractivity contribution in [1.82, 2.24) is 4.90 Å². The number of benzene rings is 3. The second-order valence-electron chi connectivity index (χ2n) is 8.10. The number of halogens is 2. The van der Waals surface area contributed by atoms with Crippen molar-refractivity contribution in [1.29, 1.82) is 0 Å². The Morgan fingerprint density at radius 3 is 2.42 bits per heavy atom. The second-order valence-corrected chi connectivity index (χ2v) is 10.9. The van der Waals surface area contributed by atoms with Crippen molar-refractivity contribution in [3.63, 3.8) is 0 Å². The van der Waals surface area contributed by atoms with Crippen LogP contribution < -0.4 is 9.47 Å². The van der Waals surface area contributed by atoms with Crippen molar-refractivity contribution >= 4 is 60.8 Å². The van der Waals surface area contributed by atoms with Crippen LogP contribution in [0.15, 0.2) is 80.6 Å². The van der Waals surface area contributed by atoms with Gasteiger partial charge in [-0.1, -0.05) is 58.4 Å². The molecule has 5 nitrogen and oxygen atoms in total. The van der Waals surface area contributed by atoms with Gasteiger partial charge in [0.25, 0.3) is 11.1 Å². The molecule has 1 saturated heterocycles. The molecule has 1 heterocycles. The fourth-order valence-corrected chi connectivity index (χ4v) is 5.44. The minimum Gasteiger partial charge on any atom is -0.490 e. The fourth-order valence-electron chi connectivity index (χ4n) is 3.74. The van der Waals surface area contributed by atoms with E-state index in [1.165, 1.54) is 10.5 Å². The van der Waals surface area contributed by atoms with Crippen molar-refractivity contribution in [2.75, 3.05) is 13.2 Å². The zero-order valence-electron chi connectivity index (χ0n) is 19.7. The second kappa shape index (κ2) is 12.6. The van der Waals surface area contributed by atoms with E-state index in [-0.39, 0.29) is 11.1 Å². The van der Waals surface area contributed by atoms with Gasteiger partial charge < -0.3 is 9.47 Å². The normalized spacial score (nSPS) is 14.5. The number of thioether (sulfide) groups is 1. The molecule has 0 aromatic heterocycles. The van der Waals surface area contributed by atoms with Gasteiger partial charge in [0.15, 0.2) is 11.5 Å². The number of hydrogen-bond acceptors (Lipinski definition) is 5. The van der Waals surface area contributed by atoms with E-state index in [1.807, 2.05) is 73.7 Å². The summed E-state index contributed by atoms with van der Waals surface area (Å²) < 4.78 is 13.6. The number of aryl methyl sites for hydroxylation is 1. The first-order chi connectivity index (χ1) is 17.4.